The molecule has 2 rings (SSSR count). The number of sulfonamides is 1. The molecule has 0 heterocycles. The lowest BCUT2D eigenvalue weighted by Crippen LogP contribution is -2.30. The molecule has 1 aromatic carbocycles. The molecule has 1 aliphatic carbocycles. The highest BCUT2D eigenvalue weighted by atomic mass is 32.2. The summed E-state index contributed by atoms with van der Waals surface area (Å²) in [5.74, 6) is 0. The molecule has 1 aliphatic rings. The second-order valence-corrected chi connectivity index (χ2v) is 6.45. The van der Waals surface area contributed by atoms with Crippen molar-refractivity contribution in [2.75, 3.05) is 0 Å². The normalized spacial score (nSPS) is 22.3. The molecule has 0 bridgehead atoms. The first kappa shape index (κ1) is 13.9. The number of nitrogens with zero attached hydrogens (tertiary/aromatic N) is 1. The molecule has 1 fully saturated rings. The van der Waals surface area contributed by atoms with Crippen LogP contribution in [0, 0.1) is 24.0 Å². The molecule has 0 spiro atoms. The number of non-ortho nitro benzene ring substituents is 1. The Morgan fingerprint density at radius 2 is 2.00 bits per heavy atom. The van der Waals surface area contributed by atoms with Gasteiger partial charge in [-0.1, -0.05) is 0 Å². The van der Waals surface area contributed by atoms with Crippen LogP contribution in [0.1, 0.15) is 17.5 Å². The van der Waals surface area contributed by atoms with E-state index >= 15 is 0 Å². The number of aryl methyl sites for hydroxylation is 1. The lowest BCUT2D eigenvalue weighted by atomic mass is 10.1. The summed E-state index contributed by atoms with van der Waals surface area (Å²) in [6.45, 7) is 3.27. The summed E-state index contributed by atoms with van der Waals surface area (Å²) >= 11 is 0. The van der Waals surface area contributed by atoms with Crippen LogP contribution < -0.4 is 10.5 Å². The molecule has 2 unspecified atom stereocenters. The van der Waals surface area contributed by atoms with Gasteiger partial charge in [0.15, 0.2) is 0 Å². The summed E-state index contributed by atoms with van der Waals surface area (Å²) in [6.07, 6.45) is 0.589. The van der Waals surface area contributed by atoms with Crippen LogP contribution in [0.25, 0.3) is 0 Å². The molecule has 1 aromatic rings. The maximum absolute atomic E-state index is 12.2. The zero-order valence-corrected chi connectivity index (χ0v) is 11.4. The van der Waals surface area contributed by atoms with Crippen LogP contribution >= 0.6 is 0 Å². The smallest absolute Gasteiger partial charge is 0.271 e. The fraction of sp³-hybridized carbons (Fsp3) is 0.455. The van der Waals surface area contributed by atoms with E-state index in [4.69, 9.17) is 5.73 Å². The van der Waals surface area contributed by atoms with Gasteiger partial charge in [0.2, 0.25) is 10.0 Å². The Balaban J connectivity index is 2.45. The van der Waals surface area contributed by atoms with Crippen LogP contribution in [0.3, 0.4) is 0 Å². The van der Waals surface area contributed by atoms with Gasteiger partial charge in [0.05, 0.1) is 9.82 Å². The van der Waals surface area contributed by atoms with E-state index in [1.807, 2.05) is 0 Å². The minimum Gasteiger partial charge on any atom is -0.326 e. The van der Waals surface area contributed by atoms with E-state index in [1.165, 1.54) is 6.07 Å². The van der Waals surface area contributed by atoms with Crippen molar-refractivity contribution in [2.24, 2.45) is 5.73 Å². The van der Waals surface area contributed by atoms with E-state index in [0.717, 1.165) is 6.07 Å². The molecule has 0 saturated heterocycles. The summed E-state index contributed by atoms with van der Waals surface area (Å²) in [7, 11) is -3.77. The number of rotatable bonds is 4. The number of nitrogens with one attached hydrogen (secondary N) is 1. The molecular formula is C11H15N3O4S. The average Bonchev–Trinajstić information content (AvgIpc) is 2.96. The van der Waals surface area contributed by atoms with Crippen molar-refractivity contribution in [3.05, 3.63) is 33.4 Å². The standard InChI is InChI=1S/C11H15N3O4S/c1-6-3-8(14(15)16)4-11(7(6)2)19(17,18)13-10-5-9(10)12/h3-4,9-10,13H,5,12H2,1-2H3. The molecule has 19 heavy (non-hydrogen) atoms. The minimum atomic E-state index is -3.77. The highest BCUT2D eigenvalue weighted by Gasteiger charge is 2.38. The predicted molar refractivity (Wildman–Crippen MR) is 69.3 cm³/mol. The maximum atomic E-state index is 12.2. The van der Waals surface area contributed by atoms with Gasteiger partial charge in [-0.05, 0) is 31.4 Å². The van der Waals surface area contributed by atoms with Crippen LogP contribution in [-0.4, -0.2) is 25.4 Å². The van der Waals surface area contributed by atoms with Gasteiger partial charge in [-0.2, -0.15) is 0 Å². The molecule has 0 aliphatic heterocycles. The fourth-order valence-electron chi connectivity index (χ4n) is 1.81. The Labute approximate surface area is 111 Å². The van der Waals surface area contributed by atoms with E-state index in [0.29, 0.717) is 17.5 Å². The Kier molecular flexibility index (Phi) is 3.33. The summed E-state index contributed by atoms with van der Waals surface area (Å²) in [6, 6.07) is 1.99. The molecule has 8 heteroatoms. The van der Waals surface area contributed by atoms with Crippen molar-refractivity contribution in [1.29, 1.82) is 0 Å². The van der Waals surface area contributed by atoms with Crippen molar-refractivity contribution >= 4 is 15.7 Å². The zero-order valence-electron chi connectivity index (χ0n) is 10.6. The molecule has 7 nitrogen and oxygen atoms in total. The summed E-state index contributed by atoms with van der Waals surface area (Å²) in [4.78, 5) is 10.1. The lowest BCUT2D eigenvalue weighted by Gasteiger charge is -2.10. The number of hydrogen-bond donors (Lipinski definition) is 2. The van der Waals surface area contributed by atoms with Crippen molar-refractivity contribution in [1.82, 2.24) is 4.72 Å². The first-order valence-corrected chi connectivity index (χ1v) is 7.24. The Morgan fingerprint density at radius 3 is 2.47 bits per heavy atom. The monoisotopic (exact) mass is 285 g/mol. The van der Waals surface area contributed by atoms with Crippen molar-refractivity contribution < 1.29 is 13.3 Å². The molecule has 1 saturated carbocycles. The highest BCUT2D eigenvalue weighted by molar-refractivity contribution is 7.89. The molecule has 104 valence electrons. The largest absolute Gasteiger partial charge is 0.326 e. The topological polar surface area (TPSA) is 115 Å². The second-order valence-electron chi connectivity index (χ2n) is 4.77. The molecule has 3 N–H and O–H groups in total. The van der Waals surface area contributed by atoms with Crippen molar-refractivity contribution in [3.8, 4) is 0 Å². The Bertz CT molecular complexity index is 642. The summed E-state index contributed by atoms with van der Waals surface area (Å²) in [5, 5.41) is 10.8. The predicted octanol–water partition coefficient (Wildman–Crippen LogP) is 0.590. The van der Waals surface area contributed by atoms with Gasteiger partial charge < -0.3 is 5.73 Å². The third-order valence-electron chi connectivity index (χ3n) is 3.25. The van der Waals surface area contributed by atoms with Gasteiger partial charge in [-0.3, -0.25) is 10.1 Å². The fourth-order valence-corrected chi connectivity index (χ4v) is 3.44. The molecule has 0 amide bonds. The number of nitrogens with two attached hydrogens (primary N) is 1. The van der Waals surface area contributed by atoms with E-state index in [1.54, 1.807) is 13.8 Å². The number of hydrogen-bond acceptors (Lipinski definition) is 5. The van der Waals surface area contributed by atoms with E-state index in [9.17, 15) is 18.5 Å². The van der Waals surface area contributed by atoms with E-state index in [2.05, 4.69) is 4.72 Å². The van der Waals surface area contributed by atoms with Gasteiger partial charge >= 0.3 is 0 Å². The van der Waals surface area contributed by atoms with Crippen LogP contribution in [0.4, 0.5) is 5.69 Å². The van der Waals surface area contributed by atoms with Crippen molar-refractivity contribution in [3.63, 3.8) is 0 Å². The Morgan fingerprint density at radius 1 is 1.42 bits per heavy atom. The quantitative estimate of drug-likeness (QED) is 0.620. The van der Waals surface area contributed by atoms with Gasteiger partial charge in [-0.15, -0.1) is 0 Å². The third-order valence-corrected chi connectivity index (χ3v) is 4.87. The van der Waals surface area contributed by atoms with E-state index < -0.39 is 14.9 Å². The molecule has 2 atom stereocenters. The van der Waals surface area contributed by atoms with Crippen LogP contribution in [0.5, 0.6) is 0 Å². The Hall–Kier alpha value is -1.51. The SMILES string of the molecule is Cc1cc([N+](=O)[O-])cc(S(=O)(=O)NC2CC2N)c1C. The molecular weight excluding hydrogens is 270 g/mol. The zero-order chi connectivity index (χ0) is 14.4. The van der Waals surface area contributed by atoms with Crippen LogP contribution in [0.2, 0.25) is 0 Å². The number of nitro benzene ring substituents is 1. The average molecular weight is 285 g/mol. The summed E-state index contributed by atoms with van der Waals surface area (Å²) in [5.41, 5.74) is 6.40. The first-order chi connectivity index (χ1) is 8.72. The summed E-state index contributed by atoms with van der Waals surface area (Å²) < 4.78 is 26.8. The van der Waals surface area contributed by atoms with Crippen LogP contribution in [0.15, 0.2) is 17.0 Å². The first-order valence-electron chi connectivity index (χ1n) is 5.76. The maximum Gasteiger partial charge on any atom is 0.271 e. The number of benzene rings is 1. The van der Waals surface area contributed by atoms with Gasteiger partial charge in [0.1, 0.15) is 0 Å². The highest BCUT2D eigenvalue weighted by Crippen LogP contribution is 2.27. The van der Waals surface area contributed by atoms with Crippen LogP contribution in [-0.2, 0) is 10.0 Å². The van der Waals surface area contributed by atoms with Gasteiger partial charge in [0, 0.05) is 24.2 Å². The lowest BCUT2D eigenvalue weighted by molar-refractivity contribution is -0.385. The minimum absolute atomic E-state index is 0.0571. The van der Waals surface area contributed by atoms with E-state index in [-0.39, 0.29) is 22.7 Å². The van der Waals surface area contributed by atoms with Gasteiger partial charge in [-0.25, -0.2) is 13.1 Å². The van der Waals surface area contributed by atoms with Gasteiger partial charge in [0.25, 0.3) is 5.69 Å². The second kappa shape index (κ2) is 4.55. The van der Waals surface area contributed by atoms with Crippen molar-refractivity contribution in [2.45, 2.75) is 37.2 Å². The molecule has 0 aromatic heterocycles. The number of nitro groups is 1. The third kappa shape index (κ3) is 2.75. The molecule has 0 radical (unpaired) electrons.